The monoisotopic (exact) mass is 292 g/mol. The fourth-order valence-corrected chi connectivity index (χ4v) is 2.53. The molecule has 2 rings (SSSR count). The third kappa shape index (κ3) is 4.93. The summed E-state index contributed by atoms with van der Waals surface area (Å²) < 4.78 is 10.7. The Morgan fingerprint density at radius 2 is 2.05 bits per heavy atom. The van der Waals surface area contributed by atoms with Crippen LogP contribution in [0.4, 0.5) is 5.69 Å². The summed E-state index contributed by atoms with van der Waals surface area (Å²) in [5.74, 6) is 0.256. The first-order valence-corrected chi connectivity index (χ1v) is 7.62. The Balaban J connectivity index is 1.79. The van der Waals surface area contributed by atoms with Gasteiger partial charge >= 0.3 is 5.97 Å². The van der Waals surface area contributed by atoms with Crippen molar-refractivity contribution in [3.8, 4) is 5.75 Å². The Morgan fingerprint density at radius 3 is 2.76 bits per heavy atom. The van der Waals surface area contributed by atoms with Gasteiger partial charge in [0.15, 0.2) is 0 Å². The molecule has 5 nitrogen and oxygen atoms in total. The van der Waals surface area contributed by atoms with Gasteiger partial charge in [0.05, 0.1) is 18.8 Å². The lowest BCUT2D eigenvalue weighted by Crippen LogP contribution is -2.22. The van der Waals surface area contributed by atoms with Gasteiger partial charge < -0.3 is 20.1 Å². The summed E-state index contributed by atoms with van der Waals surface area (Å²) in [6, 6.07) is 4.99. The minimum atomic E-state index is -0.343. The third-order valence-corrected chi connectivity index (χ3v) is 3.53. The van der Waals surface area contributed by atoms with Crippen LogP contribution in [0.25, 0.3) is 0 Å². The van der Waals surface area contributed by atoms with Crippen LogP contribution >= 0.6 is 0 Å². The molecular weight excluding hydrogens is 268 g/mol. The molecule has 21 heavy (non-hydrogen) atoms. The Morgan fingerprint density at radius 1 is 1.29 bits per heavy atom. The van der Waals surface area contributed by atoms with Gasteiger partial charge in [0.25, 0.3) is 0 Å². The van der Waals surface area contributed by atoms with Crippen LogP contribution in [-0.4, -0.2) is 43.7 Å². The van der Waals surface area contributed by atoms with Gasteiger partial charge in [0, 0.05) is 18.3 Å². The SMILES string of the molecule is CCOc1cc(N)cc(C(=O)OCCCN2CCCC2)c1. The van der Waals surface area contributed by atoms with Crippen LogP contribution in [0.1, 0.15) is 36.5 Å². The summed E-state index contributed by atoms with van der Waals surface area (Å²) in [7, 11) is 0. The zero-order valence-corrected chi connectivity index (χ0v) is 12.6. The molecule has 116 valence electrons. The minimum Gasteiger partial charge on any atom is -0.494 e. The zero-order chi connectivity index (χ0) is 15.1. The molecule has 0 unspecified atom stereocenters. The van der Waals surface area contributed by atoms with Crippen molar-refractivity contribution in [3.63, 3.8) is 0 Å². The van der Waals surface area contributed by atoms with Crippen LogP contribution in [0, 0.1) is 0 Å². The fourth-order valence-electron chi connectivity index (χ4n) is 2.53. The number of hydrogen-bond acceptors (Lipinski definition) is 5. The molecule has 0 amide bonds. The van der Waals surface area contributed by atoms with Crippen LogP contribution in [0.3, 0.4) is 0 Å². The lowest BCUT2D eigenvalue weighted by molar-refractivity contribution is 0.0490. The van der Waals surface area contributed by atoms with E-state index in [1.54, 1.807) is 18.2 Å². The molecule has 1 fully saturated rings. The fraction of sp³-hybridized carbons (Fsp3) is 0.562. The van der Waals surface area contributed by atoms with E-state index < -0.39 is 0 Å². The smallest absolute Gasteiger partial charge is 0.338 e. The van der Waals surface area contributed by atoms with Crippen LogP contribution in [0.15, 0.2) is 18.2 Å². The second-order valence-corrected chi connectivity index (χ2v) is 5.26. The maximum absolute atomic E-state index is 12.0. The second-order valence-electron chi connectivity index (χ2n) is 5.26. The van der Waals surface area contributed by atoms with Crippen molar-refractivity contribution < 1.29 is 14.3 Å². The Hall–Kier alpha value is -1.75. The number of anilines is 1. The first-order valence-electron chi connectivity index (χ1n) is 7.62. The summed E-state index contributed by atoms with van der Waals surface area (Å²) >= 11 is 0. The van der Waals surface area contributed by atoms with E-state index in [2.05, 4.69) is 4.90 Å². The van der Waals surface area contributed by atoms with Gasteiger partial charge in [-0.1, -0.05) is 0 Å². The number of carbonyl (C=O) groups excluding carboxylic acids is 1. The largest absolute Gasteiger partial charge is 0.494 e. The lowest BCUT2D eigenvalue weighted by Gasteiger charge is -2.14. The summed E-state index contributed by atoms with van der Waals surface area (Å²) in [5.41, 5.74) is 6.72. The highest BCUT2D eigenvalue weighted by atomic mass is 16.5. The van der Waals surface area contributed by atoms with Crippen molar-refractivity contribution in [3.05, 3.63) is 23.8 Å². The van der Waals surface area contributed by atoms with E-state index in [0.29, 0.717) is 30.2 Å². The average Bonchev–Trinajstić information content (AvgIpc) is 2.96. The number of nitrogens with zero attached hydrogens (tertiary/aromatic N) is 1. The highest BCUT2D eigenvalue weighted by Crippen LogP contribution is 2.19. The number of hydrogen-bond donors (Lipinski definition) is 1. The zero-order valence-electron chi connectivity index (χ0n) is 12.6. The number of benzene rings is 1. The summed E-state index contributed by atoms with van der Waals surface area (Å²) in [5, 5.41) is 0. The molecule has 1 saturated heterocycles. The molecule has 1 aromatic carbocycles. The van der Waals surface area contributed by atoms with Crippen LogP contribution < -0.4 is 10.5 Å². The van der Waals surface area contributed by atoms with Gasteiger partial charge in [-0.2, -0.15) is 0 Å². The summed E-state index contributed by atoms with van der Waals surface area (Å²) in [4.78, 5) is 14.4. The van der Waals surface area contributed by atoms with Gasteiger partial charge in [-0.05, 0) is 51.4 Å². The van der Waals surface area contributed by atoms with E-state index in [-0.39, 0.29) is 5.97 Å². The topological polar surface area (TPSA) is 64.8 Å². The van der Waals surface area contributed by atoms with Gasteiger partial charge in [0.1, 0.15) is 5.75 Å². The van der Waals surface area contributed by atoms with Crippen LogP contribution in [0.5, 0.6) is 5.75 Å². The average molecular weight is 292 g/mol. The third-order valence-electron chi connectivity index (χ3n) is 3.53. The second kappa shape index (κ2) is 7.88. The van der Waals surface area contributed by atoms with Crippen LogP contribution in [0.2, 0.25) is 0 Å². The van der Waals surface area contributed by atoms with Gasteiger partial charge in [-0.3, -0.25) is 0 Å². The molecule has 0 atom stereocenters. The molecule has 0 saturated carbocycles. The molecule has 5 heteroatoms. The molecule has 1 aromatic rings. The van der Waals surface area contributed by atoms with Gasteiger partial charge in [-0.25, -0.2) is 4.79 Å². The van der Waals surface area contributed by atoms with E-state index in [1.807, 2.05) is 6.92 Å². The number of nitrogen functional groups attached to an aromatic ring is 1. The van der Waals surface area contributed by atoms with Crippen molar-refractivity contribution in [1.82, 2.24) is 4.90 Å². The molecule has 1 aliphatic rings. The van der Waals surface area contributed by atoms with Crippen LogP contribution in [-0.2, 0) is 4.74 Å². The molecule has 1 heterocycles. The highest BCUT2D eigenvalue weighted by Gasteiger charge is 2.12. The Bertz CT molecular complexity index is 471. The summed E-state index contributed by atoms with van der Waals surface area (Å²) in [6.07, 6.45) is 3.43. The van der Waals surface area contributed by atoms with Crippen molar-refractivity contribution in [2.45, 2.75) is 26.2 Å². The minimum absolute atomic E-state index is 0.343. The molecule has 0 radical (unpaired) electrons. The predicted octanol–water partition coefficient (Wildman–Crippen LogP) is 2.31. The van der Waals surface area contributed by atoms with E-state index in [9.17, 15) is 4.79 Å². The molecule has 0 spiro atoms. The number of ether oxygens (including phenoxy) is 2. The number of esters is 1. The van der Waals surface area contributed by atoms with Gasteiger partial charge in [0.2, 0.25) is 0 Å². The number of likely N-dealkylation sites (tertiary alicyclic amines) is 1. The van der Waals surface area contributed by atoms with Crippen molar-refractivity contribution >= 4 is 11.7 Å². The molecule has 0 aromatic heterocycles. The molecule has 0 aliphatic carbocycles. The lowest BCUT2D eigenvalue weighted by atomic mass is 10.2. The standard InChI is InChI=1S/C16H24N2O3/c1-2-20-15-11-13(10-14(17)12-15)16(19)21-9-5-8-18-6-3-4-7-18/h10-12H,2-9,17H2,1H3. The Labute approximate surface area is 126 Å². The Kier molecular flexibility index (Phi) is 5.87. The molecule has 0 bridgehead atoms. The first kappa shape index (κ1) is 15.6. The maximum atomic E-state index is 12.0. The number of rotatable bonds is 7. The molecule has 2 N–H and O–H groups in total. The maximum Gasteiger partial charge on any atom is 0.338 e. The normalized spacial score (nSPS) is 15.1. The first-order chi connectivity index (χ1) is 10.2. The van der Waals surface area contributed by atoms with Crippen molar-refractivity contribution in [2.75, 3.05) is 38.6 Å². The predicted molar refractivity (Wildman–Crippen MR) is 82.6 cm³/mol. The quantitative estimate of drug-likeness (QED) is 0.474. The van der Waals surface area contributed by atoms with E-state index in [0.717, 1.165) is 13.0 Å². The van der Waals surface area contributed by atoms with Crippen molar-refractivity contribution in [2.24, 2.45) is 0 Å². The highest BCUT2D eigenvalue weighted by molar-refractivity contribution is 5.91. The number of nitrogens with two attached hydrogens (primary N) is 1. The van der Waals surface area contributed by atoms with E-state index >= 15 is 0 Å². The summed E-state index contributed by atoms with van der Waals surface area (Å²) in [6.45, 7) is 6.19. The van der Waals surface area contributed by atoms with E-state index in [1.165, 1.54) is 25.9 Å². The van der Waals surface area contributed by atoms with Gasteiger partial charge in [-0.15, -0.1) is 0 Å². The van der Waals surface area contributed by atoms with E-state index in [4.69, 9.17) is 15.2 Å². The molecule has 1 aliphatic heterocycles. The molecular formula is C16H24N2O3. The number of carbonyl (C=O) groups is 1. The van der Waals surface area contributed by atoms with Crippen molar-refractivity contribution in [1.29, 1.82) is 0 Å².